The van der Waals surface area contributed by atoms with Gasteiger partial charge in [0.25, 0.3) is 0 Å². The van der Waals surface area contributed by atoms with Crippen LogP contribution in [-0.4, -0.2) is 24.4 Å². The number of anilines is 1. The van der Waals surface area contributed by atoms with Gasteiger partial charge in [0.05, 0.1) is 6.54 Å². The molecule has 0 bridgehead atoms. The Morgan fingerprint density at radius 2 is 1.89 bits per heavy atom. The minimum Gasteiger partial charge on any atom is -0.367 e. The van der Waals surface area contributed by atoms with Crippen LogP contribution in [0, 0.1) is 19.7 Å². The number of benzene rings is 1. The van der Waals surface area contributed by atoms with Crippen LogP contribution in [0.5, 0.6) is 0 Å². The van der Waals surface area contributed by atoms with Crippen molar-refractivity contribution in [1.82, 2.24) is 4.98 Å². The maximum absolute atomic E-state index is 12.8. The highest BCUT2D eigenvalue weighted by Gasteiger charge is 2.14. The Morgan fingerprint density at radius 1 is 1.26 bits per heavy atom. The van der Waals surface area contributed by atoms with E-state index in [1.807, 2.05) is 31.9 Å². The van der Waals surface area contributed by atoms with Crippen molar-refractivity contribution in [3.63, 3.8) is 0 Å². The van der Waals surface area contributed by atoms with Crippen LogP contribution in [0.15, 0.2) is 30.3 Å². The lowest BCUT2D eigenvalue weighted by Crippen LogP contribution is -2.25. The Kier molecular flexibility index (Phi) is 3.69. The molecule has 3 nitrogen and oxygen atoms in total. The van der Waals surface area contributed by atoms with E-state index in [9.17, 15) is 9.18 Å². The van der Waals surface area contributed by atoms with Crippen molar-refractivity contribution in [2.75, 3.05) is 18.5 Å². The topological polar surface area (TPSA) is 36.1 Å². The summed E-state index contributed by atoms with van der Waals surface area (Å²) in [5, 5.41) is 0. The summed E-state index contributed by atoms with van der Waals surface area (Å²) in [5.74, 6) is -0.228. The van der Waals surface area contributed by atoms with Gasteiger partial charge in [-0.2, -0.15) is 0 Å². The van der Waals surface area contributed by atoms with Crippen LogP contribution in [-0.2, 0) is 0 Å². The number of carbonyl (C=O) groups excluding carboxylic acids is 1. The lowest BCUT2D eigenvalue weighted by Gasteiger charge is -2.18. The highest BCUT2D eigenvalue weighted by Crippen LogP contribution is 2.15. The smallest absolute Gasteiger partial charge is 0.183 e. The first kappa shape index (κ1) is 13.3. The second-order valence-electron chi connectivity index (χ2n) is 4.75. The van der Waals surface area contributed by atoms with Gasteiger partial charge < -0.3 is 9.88 Å². The number of aryl methyl sites for hydroxylation is 2. The lowest BCUT2D eigenvalue weighted by molar-refractivity contribution is 0.1000. The monoisotopic (exact) mass is 260 g/mol. The van der Waals surface area contributed by atoms with Gasteiger partial charge in [0.15, 0.2) is 5.78 Å². The van der Waals surface area contributed by atoms with Crippen LogP contribution in [0.25, 0.3) is 0 Å². The predicted molar refractivity (Wildman–Crippen MR) is 74.3 cm³/mol. The predicted octanol–water partition coefficient (Wildman–Crippen LogP) is 3.09. The molecule has 0 saturated heterocycles. The highest BCUT2D eigenvalue weighted by atomic mass is 19.1. The second kappa shape index (κ2) is 5.26. The van der Waals surface area contributed by atoms with E-state index >= 15 is 0 Å². The Labute approximate surface area is 112 Å². The number of aromatic nitrogens is 1. The van der Waals surface area contributed by atoms with E-state index in [2.05, 4.69) is 4.98 Å². The molecular weight excluding hydrogens is 243 g/mol. The number of hydrogen-bond acceptors (Lipinski definition) is 2. The summed E-state index contributed by atoms with van der Waals surface area (Å²) in [6.45, 7) is 4.08. The molecule has 0 radical (unpaired) electrons. The van der Waals surface area contributed by atoms with Gasteiger partial charge in [-0.05, 0) is 44.2 Å². The minimum atomic E-state index is -0.277. The minimum absolute atomic E-state index is 0.0497. The normalized spacial score (nSPS) is 10.5. The number of nitrogens with one attached hydrogen (secondary N) is 1. The SMILES string of the molecule is Cc1cc(C(=O)CN(C)c2ccc(F)cc2)c(C)[nH]1. The molecule has 0 unspecified atom stereocenters. The number of halogens is 1. The number of H-pyrrole nitrogens is 1. The lowest BCUT2D eigenvalue weighted by atomic mass is 10.1. The molecule has 0 aliphatic rings. The third kappa shape index (κ3) is 3.02. The molecular formula is C15H17FN2O. The fourth-order valence-electron chi connectivity index (χ4n) is 2.10. The Balaban J connectivity index is 2.10. The Morgan fingerprint density at radius 3 is 2.42 bits per heavy atom. The maximum atomic E-state index is 12.8. The zero-order chi connectivity index (χ0) is 14.0. The van der Waals surface area contributed by atoms with E-state index in [0.717, 1.165) is 17.1 Å². The Hall–Kier alpha value is -2.10. The van der Waals surface area contributed by atoms with Crippen molar-refractivity contribution in [3.8, 4) is 0 Å². The summed E-state index contributed by atoms with van der Waals surface area (Å²) in [5.41, 5.74) is 3.39. The third-order valence-electron chi connectivity index (χ3n) is 3.10. The van der Waals surface area contributed by atoms with E-state index < -0.39 is 0 Å². The summed E-state index contributed by atoms with van der Waals surface area (Å²) in [4.78, 5) is 17.1. The number of rotatable bonds is 4. The molecule has 4 heteroatoms. The van der Waals surface area contributed by atoms with Crippen molar-refractivity contribution in [1.29, 1.82) is 0 Å². The van der Waals surface area contributed by atoms with Crippen molar-refractivity contribution in [2.45, 2.75) is 13.8 Å². The van der Waals surface area contributed by atoms with Crippen LogP contribution < -0.4 is 4.90 Å². The molecule has 1 aromatic carbocycles. The molecule has 1 heterocycles. The number of nitrogens with zero attached hydrogens (tertiary/aromatic N) is 1. The van der Waals surface area contributed by atoms with Gasteiger partial charge in [-0.15, -0.1) is 0 Å². The summed E-state index contributed by atoms with van der Waals surface area (Å²) < 4.78 is 12.8. The quantitative estimate of drug-likeness (QED) is 0.857. The van der Waals surface area contributed by atoms with Gasteiger partial charge in [0.2, 0.25) is 0 Å². The average Bonchev–Trinajstić information content (AvgIpc) is 2.69. The number of aromatic amines is 1. The van der Waals surface area contributed by atoms with Crippen LogP contribution in [0.4, 0.5) is 10.1 Å². The van der Waals surface area contributed by atoms with E-state index in [1.165, 1.54) is 12.1 Å². The number of ketones is 1. The van der Waals surface area contributed by atoms with E-state index in [0.29, 0.717) is 5.56 Å². The molecule has 1 N–H and O–H groups in total. The molecule has 100 valence electrons. The summed E-state index contributed by atoms with van der Waals surface area (Å²) in [7, 11) is 1.82. The highest BCUT2D eigenvalue weighted by molar-refractivity contribution is 6.00. The molecule has 0 aliphatic carbocycles. The van der Waals surface area contributed by atoms with Crippen molar-refractivity contribution < 1.29 is 9.18 Å². The number of likely N-dealkylation sites (N-methyl/N-ethyl adjacent to an activating group) is 1. The fourth-order valence-corrected chi connectivity index (χ4v) is 2.10. The van der Waals surface area contributed by atoms with Gasteiger partial charge in [-0.3, -0.25) is 4.79 Å². The Bertz CT molecular complexity index is 587. The first-order valence-electron chi connectivity index (χ1n) is 6.13. The molecule has 19 heavy (non-hydrogen) atoms. The molecule has 0 aliphatic heterocycles. The van der Waals surface area contributed by atoms with Crippen LogP contribution in [0.1, 0.15) is 21.7 Å². The molecule has 0 fully saturated rings. The van der Waals surface area contributed by atoms with Crippen LogP contribution in [0.2, 0.25) is 0 Å². The number of hydrogen-bond donors (Lipinski definition) is 1. The van der Waals surface area contributed by atoms with Crippen LogP contribution in [0.3, 0.4) is 0 Å². The molecule has 0 amide bonds. The fraction of sp³-hybridized carbons (Fsp3) is 0.267. The van der Waals surface area contributed by atoms with E-state index in [4.69, 9.17) is 0 Å². The van der Waals surface area contributed by atoms with Crippen molar-refractivity contribution in [2.24, 2.45) is 0 Å². The van der Waals surface area contributed by atoms with Gasteiger partial charge >= 0.3 is 0 Å². The van der Waals surface area contributed by atoms with Gasteiger partial charge in [-0.1, -0.05) is 0 Å². The molecule has 0 atom stereocenters. The third-order valence-corrected chi connectivity index (χ3v) is 3.10. The average molecular weight is 260 g/mol. The maximum Gasteiger partial charge on any atom is 0.183 e. The molecule has 0 saturated carbocycles. The largest absolute Gasteiger partial charge is 0.367 e. The van der Waals surface area contributed by atoms with E-state index in [-0.39, 0.29) is 18.1 Å². The van der Waals surface area contributed by atoms with Gasteiger partial charge in [0, 0.05) is 29.7 Å². The van der Waals surface area contributed by atoms with Gasteiger partial charge in [0.1, 0.15) is 5.82 Å². The molecule has 1 aromatic heterocycles. The molecule has 0 spiro atoms. The second-order valence-corrected chi connectivity index (χ2v) is 4.75. The molecule has 2 aromatic rings. The number of Topliss-reactive ketones (excluding diaryl/α,β-unsaturated/α-hetero) is 1. The van der Waals surface area contributed by atoms with Gasteiger partial charge in [-0.25, -0.2) is 4.39 Å². The summed E-state index contributed by atoms with van der Waals surface area (Å²) in [6, 6.07) is 7.97. The zero-order valence-electron chi connectivity index (χ0n) is 11.3. The first-order valence-corrected chi connectivity index (χ1v) is 6.13. The van der Waals surface area contributed by atoms with E-state index in [1.54, 1.807) is 12.1 Å². The first-order chi connectivity index (χ1) is 8.97. The standard InChI is InChI=1S/C15H17FN2O/c1-10-8-14(11(2)17-10)15(19)9-18(3)13-6-4-12(16)5-7-13/h4-8,17H,9H2,1-3H3. The number of carbonyl (C=O) groups is 1. The zero-order valence-corrected chi connectivity index (χ0v) is 11.3. The van der Waals surface area contributed by atoms with Crippen molar-refractivity contribution in [3.05, 3.63) is 53.1 Å². The summed E-state index contributed by atoms with van der Waals surface area (Å²) in [6.07, 6.45) is 0. The van der Waals surface area contributed by atoms with Crippen molar-refractivity contribution >= 4 is 11.5 Å². The van der Waals surface area contributed by atoms with Crippen LogP contribution >= 0.6 is 0 Å². The summed E-state index contributed by atoms with van der Waals surface area (Å²) >= 11 is 0. The molecule has 2 rings (SSSR count).